The maximum Gasteiger partial charge on any atom is 0.0987 e. The first kappa shape index (κ1) is 11.0. The molecule has 0 amide bonds. The molecule has 82 valence electrons. The lowest BCUT2D eigenvalue weighted by atomic mass is 10.0. The third kappa shape index (κ3) is 1.57. The number of rotatable bonds is 1. The van der Waals surface area contributed by atoms with Gasteiger partial charge in [-0.25, -0.2) is 0 Å². The molecule has 1 heterocycles. The Morgan fingerprint density at radius 1 is 1.31 bits per heavy atom. The minimum Gasteiger partial charge on any atom is -0.293 e. The summed E-state index contributed by atoms with van der Waals surface area (Å²) >= 11 is 6.10. The zero-order valence-corrected chi connectivity index (χ0v) is 9.94. The van der Waals surface area contributed by atoms with Gasteiger partial charge in [-0.05, 0) is 6.92 Å². The number of nitrogens with zero attached hydrogens (tertiary/aromatic N) is 3. The van der Waals surface area contributed by atoms with Crippen molar-refractivity contribution in [2.45, 2.75) is 13.0 Å². The van der Waals surface area contributed by atoms with E-state index in [0.717, 1.165) is 11.3 Å². The number of halogens is 1. The Hall–Kier alpha value is -1.50. The van der Waals surface area contributed by atoms with Crippen LogP contribution in [0.5, 0.6) is 0 Å². The fraction of sp³-hybridized carbons (Fsp3) is 0.250. The molecule has 0 saturated heterocycles. The molecule has 1 aromatic rings. The predicted octanol–water partition coefficient (Wildman–Crippen LogP) is 2.63. The molecule has 1 unspecified atom stereocenters. The summed E-state index contributed by atoms with van der Waals surface area (Å²) < 4.78 is 1.54. The van der Waals surface area contributed by atoms with Crippen molar-refractivity contribution < 1.29 is 0 Å². The quantitative estimate of drug-likeness (QED) is 0.699. The highest BCUT2D eigenvalue weighted by Crippen LogP contribution is 2.35. The van der Waals surface area contributed by atoms with Crippen LogP contribution in [0.1, 0.15) is 12.5 Å². The zero-order valence-electron chi connectivity index (χ0n) is 9.18. The van der Waals surface area contributed by atoms with Gasteiger partial charge in [-0.3, -0.25) is 5.01 Å². The van der Waals surface area contributed by atoms with Gasteiger partial charge in [-0.2, -0.15) is 5.26 Å². The summed E-state index contributed by atoms with van der Waals surface area (Å²) in [5.41, 5.74) is 2.59. The molecule has 0 aliphatic carbocycles. The van der Waals surface area contributed by atoms with Gasteiger partial charge < -0.3 is 0 Å². The standard InChI is InChI=1S/C12H12ClN3/c1-9-11(8-14)12(15(2)16(9)13)10-6-4-3-5-7-10/h3-7,9H,1-2H3. The summed E-state index contributed by atoms with van der Waals surface area (Å²) in [6, 6.07) is 12.0. The first-order chi connectivity index (χ1) is 7.66. The summed E-state index contributed by atoms with van der Waals surface area (Å²) in [6.07, 6.45) is 0. The Balaban J connectivity index is 2.54. The van der Waals surface area contributed by atoms with Gasteiger partial charge in [0.2, 0.25) is 0 Å². The van der Waals surface area contributed by atoms with Crippen LogP contribution in [0.25, 0.3) is 5.70 Å². The van der Waals surface area contributed by atoms with Gasteiger partial charge in [-0.1, -0.05) is 30.3 Å². The van der Waals surface area contributed by atoms with Crippen LogP contribution < -0.4 is 0 Å². The SMILES string of the molecule is CC1C(C#N)=C(c2ccccc2)N(C)N1Cl. The molecule has 1 atom stereocenters. The minimum atomic E-state index is -0.0909. The van der Waals surface area contributed by atoms with E-state index in [2.05, 4.69) is 6.07 Å². The van der Waals surface area contributed by atoms with Crippen LogP contribution in [0.15, 0.2) is 35.9 Å². The van der Waals surface area contributed by atoms with Gasteiger partial charge in [-0.15, -0.1) is 4.53 Å². The van der Waals surface area contributed by atoms with Crippen LogP contribution in [0.3, 0.4) is 0 Å². The number of hydrazine groups is 1. The van der Waals surface area contributed by atoms with E-state index >= 15 is 0 Å². The molecular formula is C12H12ClN3. The van der Waals surface area contributed by atoms with Crippen LogP contribution in [0, 0.1) is 11.3 Å². The summed E-state index contributed by atoms with van der Waals surface area (Å²) in [5.74, 6) is 0. The van der Waals surface area contributed by atoms with Crippen molar-refractivity contribution in [3.63, 3.8) is 0 Å². The molecule has 1 aliphatic rings. The number of hydrogen-bond donors (Lipinski definition) is 0. The van der Waals surface area contributed by atoms with Crippen molar-refractivity contribution in [1.29, 1.82) is 5.26 Å². The Labute approximate surface area is 100 Å². The molecule has 0 radical (unpaired) electrons. The van der Waals surface area contributed by atoms with E-state index in [1.54, 1.807) is 9.54 Å². The largest absolute Gasteiger partial charge is 0.293 e. The molecule has 2 rings (SSSR count). The van der Waals surface area contributed by atoms with Gasteiger partial charge in [0, 0.05) is 24.4 Å². The van der Waals surface area contributed by atoms with E-state index in [0.29, 0.717) is 5.57 Å². The van der Waals surface area contributed by atoms with Gasteiger partial charge in [0.25, 0.3) is 0 Å². The second kappa shape index (κ2) is 4.17. The minimum absolute atomic E-state index is 0.0909. The third-order valence-electron chi connectivity index (χ3n) is 2.77. The van der Waals surface area contributed by atoms with Crippen LogP contribution in [0.4, 0.5) is 0 Å². The van der Waals surface area contributed by atoms with Crippen molar-refractivity contribution in [3.05, 3.63) is 41.5 Å². The summed E-state index contributed by atoms with van der Waals surface area (Å²) in [4.78, 5) is 0. The molecule has 0 spiro atoms. The average Bonchev–Trinajstić information content (AvgIpc) is 2.54. The lowest BCUT2D eigenvalue weighted by molar-refractivity contribution is 0.174. The maximum atomic E-state index is 9.18. The summed E-state index contributed by atoms with van der Waals surface area (Å²) in [7, 11) is 1.86. The van der Waals surface area contributed by atoms with Crippen molar-refractivity contribution in [2.24, 2.45) is 0 Å². The second-order valence-electron chi connectivity index (χ2n) is 3.73. The van der Waals surface area contributed by atoms with Crippen molar-refractivity contribution in [1.82, 2.24) is 9.54 Å². The van der Waals surface area contributed by atoms with Gasteiger partial charge in [0.05, 0.1) is 23.4 Å². The Morgan fingerprint density at radius 2 is 1.94 bits per heavy atom. The highest BCUT2D eigenvalue weighted by atomic mass is 35.5. The third-order valence-corrected chi connectivity index (χ3v) is 3.29. The van der Waals surface area contributed by atoms with Crippen LogP contribution >= 0.6 is 11.8 Å². The second-order valence-corrected chi connectivity index (χ2v) is 4.07. The van der Waals surface area contributed by atoms with E-state index in [-0.39, 0.29) is 6.04 Å². The topological polar surface area (TPSA) is 30.3 Å². The first-order valence-electron chi connectivity index (χ1n) is 5.05. The molecule has 0 aromatic heterocycles. The van der Waals surface area contributed by atoms with E-state index in [9.17, 15) is 5.26 Å². The van der Waals surface area contributed by atoms with Crippen LogP contribution in [0.2, 0.25) is 0 Å². The van der Waals surface area contributed by atoms with Crippen molar-refractivity contribution in [2.75, 3.05) is 7.05 Å². The zero-order chi connectivity index (χ0) is 11.7. The summed E-state index contributed by atoms with van der Waals surface area (Å²) in [6.45, 7) is 1.91. The molecule has 0 saturated carbocycles. The fourth-order valence-corrected chi connectivity index (χ4v) is 2.09. The number of hydrogen-bond acceptors (Lipinski definition) is 3. The highest BCUT2D eigenvalue weighted by Gasteiger charge is 2.33. The Bertz CT molecular complexity index is 461. The van der Waals surface area contributed by atoms with E-state index < -0.39 is 0 Å². The fourth-order valence-electron chi connectivity index (χ4n) is 1.92. The molecule has 0 N–H and O–H groups in total. The predicted molar refractivity (Wildman–Crippen MR) is 63.9 cm³/mol. The van der Waals surface area contributed by atoms with Gasteiger partial charge in [0.1, 0.15) is 0 Å². The monoisotopic (exact) mass is 233 g/mol. The van der Waals surface area contributed by atoms with E-state index in [1.807, 2.05) is 44.3 Å². The highest BCUT2D eigenvalue weighted by molar-refractivity contribution is 6.14. The van der Waals surface area contributed by atoms with E-state index in [1.165, 1.54) is 0 Å². The molecule has 1 aromatic carbocycles. The first-order valence-corrected chi connectivity index (χ1v) is 5.39. The molecule has 0 bridgehead atoms. The average molecular weight is 234 g/mol. The van der Waals surface area contributed by atoms with Gasteiger partial charge >= 0.3 is 0 Å². The molecular weight excluding hydrogens is 222 g/mol. The normalized spacial score (nSPS) is 21.4. The lowest BCUT2D eigenvalue weighted by Crippen LogP contribution is -2.30. The maximum absolute atomic E-state index is 9.18. The molecule has 16 heavy (non-hydrogen) atoms. The molecule has 1 aliphatic heterocycles. The smallest absolute Gasteiger partial charge is 0.0987 e. The number of nitriles is 1. The van der Waals surface area contributed by atoms with Crippen LogP contribution in [-0.4, -0.2) is 22.6 Å². The molecule has 0 fully saturated rings. The van der Waals surface area contributed by atoms with Gasteiger partial charge in [0.15, 0.2) is 0 Å². The lowest BCUT2D eigenvalue weighted by Gasteiger charge is -2.23. The van der Waals surface area contributed by atoms with Crippen molar-refractivity contribution in [3.8, 4) is 6.07 Å². The number of benzene rings is 1. The van der Waals surface area contributed by atoms with Crippen LogP contribution in [-0.2, 0) is 0 Å². The Kier molecular flexibility index (Phi) is 2.86. The molecule has 3 nitrogen and oxygen atoms in total. The van der Waals surface area contributed by atoms with Crippen molar-refractivity contribution >= 4 is 17.5 Å². The molecule has 4 heteroatoms. The Morgan fingerprint density at radius 3 is 2.50 bits per heavy atom. The summed E-state index contributed by atoms with van der Waals surface area (Å²) in [5, 5.41) is 11.0. The van der Waals surface area contributed by atoms with E-state index in [4.69, 9.17) is 11.8 Å².